The van der Waals surface area contributed by atoms with Gasteiger partial charge in [-0.05, 0) is 60.0 Å². The molecule has 3 aromatic heterocycles. The molecule has 0 bridgehead atoms. The molecule has 6 rings (SSSR count). The number of carbonyl (C=O) groups is 1. The summed E-state index contributed by atoms with van der Waals surface area (Å²) in [5.74, 6) is 0.147. The molecule has 1 N–H and O–H groups in total. The predicted molar refractivity (Wildman–Crippen MR) is 135 cm³/mol. The van der Waals surface area contributed by atoms with E-state index in [2.05, 4.69) is 21.6 Å². The lowest BCUT2D eigenvalue weighted by Gasteiger charge is -2.06. The van der Waals surface area contributed by atoms with Crippen LogP contribution in [0.4, 0.5) is 5.69 Å². The fraction of sp³-hybridized carbons (Fsp3) is 0.0400. The number of aromatic nitrogens is 4. The van der Waals surface area contributed by atoms with Gasteiger partial charge in [-0.2, -0.15) is 0 Å². The van der Waals surface area contributed by atoms with Crippen LogP contribution in [0.2, 0.25) is 0 Å². The molecule has 0 aliphatic carbocycles. The number of thiazole rings is 1. The number of anilines is 1. The zero-order chi connectivity index (χ0) is 22.2. The largest absolute Gasteiger partial charge is 0.325 e. The zero-order valence-electron chi connectivity index (χ0n) is 17.3. The van der Waals surface area contributed by atoms with Crippen molar-refractivity contribution >= 4 is 61.5 Å². The number of hydrogen-bond donors (Lipinski definition) is 1. The van der Waals surface area contributed by atoms with Gasteiger partial charge in [0.1, 0.15) is 5.01 Å². The van der Waals surface area contributed by atoms with Crippen LogP contribution < -0.4 is 5.32 Å². The number of carbonyl (C=O) groups excluding carboxylic acids is 1. The standard InChI is InChI=1S/C25H17N5OS2/c31-23(15-32-25-29-28-22-14-11-16-5-1-3-7-20(16)30(22)25)26-18-12-9-17(10-13-18)24-27-19-6-2-4-8-21(19)33-24/h1-14H,15H2,(H,26,31). The lowest BCUT2D eigenvalue weighted by Crippen LogP contribution is -2.14. The van der Waals surface area contributed by atoms with E-state index in [1.807, 2.05) is 83.3 Å². The van der Waals surface area contributed by atoms with E-state index in [-0.39, 0.29) is 11.7 Å². The molecule has 0 fully saturated rings. The minimum atomic E-state index is -0.0928. The van der Waals surface area contributed by atoms with Crippen LogP contribution in [-0.2, 0) is 4.79 Å². The molecule has 3 heterocycles. The second kappa shape index (κ2) is 8.31. The van der Waals surface area contributed by atoms with Crippen LogP contribution in [0.15, 0.2) is 90.1 Å². The van der Waals surface area contributed by atoms with Crippen molar-refractivity contribution in [3.05, 3.63) is 84.9 Å². The van der Waals surface area contributed by atoms with E-state index in [9.17, 15) is 4.79 Å². The van der Waals surface area contributed by atoms with Gasteiger partial charge in [-0.3, -0.25) is 9.20 Å². The second-order valence-electron chi connectivity index (χ2n) is 7.47. The van der Waals surface area contributed by atoms with Gasteiger partial charge < -0.3 is 5.32 Å². The average molecular weight is 468 g/mol. The molecule has 0 unspecified atom stereocenters. The molecule has 0 aliphatic rings. The summed E-state index contributed by atoms with van der Waals surface area (Å²) < 4.78 is 3.15. The lowest BCUT2D eigenvalue weighted by atomic mass is 10.2. The smallest absolute Gasteiger partial charge is 0.234 e. The van der Waals surface area contributed by atoms with Gasteiger partial charge in [-0.15, -0.1) is 21.5 Å². The highest BCUT2D eigenvalue weighted by Crippen LogP contribution is 2.30. The predicted octanol–water partition coefficient (Wildman–Crippen LogP) is 5.89. The molecule has 1 amide bonds. The maximum absolute atomic E-state index is 12.6. The lowest BCUT2D eigenvalue weighted by molar-refractivity contribution is -0.113. The van der Waals surface area contributed by atoms with Gasteiger partial charge in [0, 0.05) is 11.3 Å². The van der Waals surface area contributed by atoms with Crippen molar-refractivity contribution in [2.45, 2.75) is 5.16 Å². The van der Waals surface area contributed by atoms with E-state index in [4.69, 9.17) is 4.98 Å². The van der Waals surface area contributed by atoms with Crippen molar-refractivity contribution in [1.82, 2.24) is 19.6 Å². The van der Waals surface area contributed by atoms with Crippen LogP contribution >= 0.6 is 23.1 Å². The number of hydrogen-bond acceptors (Lipinski definition) is 6. The number of amides is 1. The first-order chi connectivity index (χ1) is 16.2. The van der Waals surface area contributed by atoms with Crippen LogP contribution in [0, 0.1) is 0 Å². The highest BCUT2D eigenvalue weighted by atomic mass is 32.2. The Morgan fingerprint density at radius 2 is 1.73 bits per heavy atom. The summed E-state index contributed by atoms with van der Waals surface area (Å²) >= 11 is 3.03. The van der Waals surface area contributed by atoms with Crippen LogP contribution in [-0.4, -0.2) is 31.2 Å². The summed E-state index contributed by atoms with van der Waals surface area (Å²) in [5.41, 5.74) is 4.57. The van der Waals surface area contributed by atoms with Crippen molar-refractivity contribution in [2.24, 2.45) is 0 Å². The molecule has 0 spiro atoms. The summed E-state index contributed by atoms with van der Waals surface area (Å²) in [7, 11) is 0. The summed E-state index contributed by atoms with van der Waals surface area (Å²) in [4.78, 5) is 17.3. The Kier molecular flexibility index (Phi) is 5.01. The minimum Gasteiger partial charge on any atom is -0.325 e. The monoisotopic (exact) mass is 467 g/mol. The number of fused-ring (bicyclic) bond motifs is 4. The van der Waals surface area contributed by atoms with Gasteiger partial charge in [-0.1, -0.05) is 42.1 Å². The molecule has 0 radical (unpaired) electrons. The first-order valence-corrected chi connectivity index (χ1v) is 12.2. The molecule has 0 aliphatic heterocycles. The van der Waals surface area contributed by atoms with E-state index in [0.717, 1.165) is 43.0 Å². The van der Waals surface area contributed by atoms with E-state index in [0.29, 0.717) is 5.16 Å². The molecule has 6 nitrogen and oxygen atoms in total. The third-order valence-corrected chi connectivity index (χ3v) is 7.30. The van der Waals surface area contributed by atoms with Crippen molar-refractivity contribution < 1.29 is 4.79 Å². The van der Waals surface area contributed by atoms with Gasteiger partial charge >= 0.3 is 0 Å². The summed E-state index contributed by atoms with van der Waals surface area (Å²) in [6.07, 6.45) is 0. The Morgan fingerprint density at radius 1 is 0.909 bits per heavy atom. The van der Waals surface area contributed by atoms with Gasteiger partial charge in [0.25, 0.3) is 0 Å². The Morgan fingerprint density at radius 3 is 2.61 bits per heavy atom. The van der Waals surface area contributed by atoms with E-state index < -0.39 is 0 Å². The van der Waals surface area contributed by atoms with Crippen LogP contribution in [0.25, 0.3) is 37.3 Å². The molecule has 0 saturated heterocycles. The summed E-state index contributed by atoms with van der Waals surface area (Å²) in [6.45, 7) is 0. The van der Waals surface area contributed by atoms with Gasteiger partial charge in [-0.25, -0.2) is 4.98 Å². The Labute approximate surface area is 197 Å². The molecular weight excluding hydrogens is 450 g/mol. The third kappa shape index (κ3) is 3.83. The Balaban J connectivity index is 1.15. The topological polar surface area (TPSA) is 72.2 Å². The Bertz CT molecular complexity index is 1590. The fourth-order valence-corrected chi connectivity index (χ4v) is 5.45. The SMILES string of the molecule is O=C(CSc1nnc2ccc3ccccc3n12)Nc1ccc(-c2nc3ccccc3s2)cc1. The van der Waals surface area contributed by atoms with Crippen LogP contribution in [0.3, 0.4) is 0 Å². The van der Waals surface area contributed by atoms with Crippen molar-refractivity contribution in [3.8, 4) is 10.6 Å². The maximum atomic E-state index is 12.6. The number of pyridine rings is 1. The maximum Gasteiger partial charge on any atom is 0.234 e. The summed E-state index contributed by atoms with van der Waals surface area (Å²) in [5, 5.41) is 14.2. The number of benzene rings is 3. The van der Waals surface area contributed by atoms with E-state index >= 15 is 0 Å². The van der Waals surface area contributed by atoms with Gasteiger partial charge in [0.2, 0.25) is 5.91 Å². The van der Waals surface area contributed by atoms with Crippen LogP contribution in [0.5, 0.6) is 0 Å². The zero-order valence-corrected chi connectivity index (χ0v) is 18.9. The highest BCUT2D eigenvalue weighted by Gasteiger charge is 2.12. The molecule has 0 saturated carbocycles. The quantitative estimate of drug-likeness (QED) is 0.320. The number of nitrogens with zero attached hydrogens (tertiary/aromatic N) is 4. The third-order valence-electron chi connectivity index (χ3n) is 5.29. The molecule has 160 valence electrons. The second-order valence-corrected chi connectivity index (χ2v) is 9.44. The molecule has 33 heavy (non-hydrogen) atoms. The molecule has 0 atom stereocenters. The molecule has 6 aromatic rings. The average Bonchev–Trinajstić information content (AvgIpc) is 3.47. The van der Waals surface area contributed by atoms with Crippen molar-refractivity contribution in [1.29, 1.82) is 0 Å². The first kappa shape index (κ1) is 19.9. The molecule has 3 aromatic carbocycles. The Hall–Kier alpha value is -3.75. The number of rotatable bonds is 5. The number of para-hydroxylation sites is 2. The van der Waals surface area contributed by atoms with Crippen LogP contribution in [0.1, 0.15) is 0 Å². The first-order valence-electron chi connectivity index (χ1n) is 10.4. The molecule has 8 heteroatoms. The summed E-state index contributed by atoms with van der Waals surface area (Å²) in [6, 6.07) is 27.9. The van der Waals surface area contributed by atoms with E-state index in [1.54, 1.807) is 11.3 Å². The van der Waals surface area contributed by atoms with Gasteiger partial charge in [0.15, 0.2) is 10.8 Å². The molecular formula is C25H17N5OS2. The van der Waals surface area contributed by atoms with E-state index in [1.165, 1.54) is 11.8 Å². The fourth-order valence-electron chi connectivity index (χ4n) is 3.72. The van der Waals surface area contributed by atoms with Crippen molar-refractivity contribution in [3.63, 3.8) is 0 Å². The minimum absolute atomic E-state index is 0.0928. The number of thioether (sulfide) groups is 1. The highest BCUT2D eigenvalue weighted by molar-refractivity contribution is 7.99. The van der Waals surface area contributed by atoms with Gasteiger partial charge in [0.05, 0.1) is 21.5 Å². The van der Waals surface area contributed by atoms with Crippen molar-refractivity contribution in [2.75, 3.05) is 11.1 Å². The number of nitrogens with one attached hydrogen (secondary N) is 1. The normalized spacial score (nSPS) is 11.4.